The predicted molar refractivity (Wildman–Crippen MR) is 112 cm³/mol. The number of nitrogens with one attached hydrogen (secondary N) is 1. The van der Waals surface area contributed by atoms with Gasteiger partial charge in [-0.2, -0.15) is 13.2 Å². The van der Waals surface area contributed by atoms with E-state index in [-0.39, 0.29) is 22.9 Å². The molecule has 1 amide bonds. The van der Waals surface area contributed by atoms with Gasteiger partial charge in [0.1, 0.15) is 0 Å². The van der Waals surface area contributed by atoms with Crippen molar-refractivity contribution in [3.8, 4) is 11.5 Å². The first-order valence-electron chi connectivity index (χ1n) is 9.55. The Morgan fingerprint density at radius 2 is 1.70 bits per heavy atom. The highest BCUT2D eigenvalue weighted by Gasteiger charge is 2.35. The topological polar surface area (TPSA) is 73.9 Å². The van der Waals surface area contributed by atoms with Crippen molar-refractivity contribution < 1.29 is 37.0 Å². The fourth-order valence-electron chi connectivity index (χ4n) is 3.16. The molecule has 0 aliphatic carbocycles. The van der Waals surface area contributed by atoms with Crippen molar-refractivity contribution in [3.05, 3.63) is 88.4 Å². The Kier molecular flexibility index (Phi) is 6.15. The van der Waals surface area contributed by atoms with Crippen molar-refractivity contribution in [2.45, 2.75) is 12.3 Å². The second-order valence-corrected chi connectivity index (χ2v) is 7.38. The number of amides is 1. The van der Waals surface area contributed by atoms with Crippen molar-refractivity contribution in [1.29, 1.82) is 0 Å². The predicted octanol–water partition coefficient (Wildman–Crippen LogP) is 5.62. The van der Waals surface area contributed by atoms with Crippen LogP contribution in [0.5, 0.6) is 11.5 Å². The summed E-state index contributed by atoms with van der Waals surface area (Å²) < 4.78 is 56.1. The Hall–Kier alpha value is -3.72. The highest BCUT2D eigenvalue weighted by molar-refractivity contribution is 6.30. The van der Waals surface area contributed by atoms with Crippen LogP contribution in [0.25, 0.3) is 0 Å². The van der Waals surface area contributed by atoms with Crippen molar-refractivity contribution in [1.82, 2.24) is 0 Å². The molecule has 0 saturated heterocycles. The summed E-state index contributed by atoms with van der Waals surface area (Å²) in [6.45, 7) is 0.00547. The number of benzene rings is 3. The Bertz CT molecular complexity index is 1200. The van der Waals surface area contributed by atoms with E-state index in [1.807, 2.05) is 0 Å². The van der Waals surface area contributed by atoms with E-state index in [1.54, 1.807) is 18.2 Å². The average molecular weight is 478 g/mol. The van der Waals surface area contributed by atoms with E-state index in [2.05, 4.69) is 5.32 Å². The Morgan fingerprint density at radius 1 is 0.970 bits per heavy atom. The van der Waals surface area contributed by atoms with Gasteiger partial charge in [0.15, 0.2) is 11.5 Å². The van der Waals surface area contributed by atoms with E-state index in [9.17, 15) is 22.8 Å². The van der Waals surface area contributed by atoms with Crippen LogP contribution in [0, 0.1) is 0 Å². The second-order valence-electron chi connectivity index (χ2n) is 6.94. The van der Waals surface area contributed by atoms with Gasteiger partial charge in [0.2, 0.25) is 12.9 Å². The van der Waals surface area contributed by atoms with Gasteiger partial charge in [0.05, 0.1) is 16.8 Å². The van der Waals surface area contributed by atoms with E-state index in [0.717, 1.165) is 6.07 Å². The lowest BCUT2D eigenvalue weighted by atomic mass is 10.1. The van der Waals surface area contributed by atoms with Crippen molar-refractivity contribution in [2.24, 2.45) is 0 Å². The summed E-state index contributed by atoms with van der Waals surface area (Å²) in [7, 11) is 0. The summed E-state index contributed by atoms with van der Waals surface area (Å²) >= 11 is 5.69. The molecule has 0 radical (unpaired) electrons. The van der Waals surface area contributed by atoms with Gasteiger partial charge < -0.3 is 19.5 Å². The molecule has 0 spiro atoms. The van der Waals surface area contributed by atoms with Gasteiger partial charge in [0, 0.05) is 10.6 Å². The summed E-state index contributed by atoms with van der Waals surface area (Å²) in [4.78, 5) is 25.8. The molecule has 1 unspecified atom stereocenters. The highest BCUT2D eigenvalue weighted by atomic mass is 35.5. The van der Waals surface area contributed by atoms with Crippen LogP contribution in [0.3, 0.4) is 0 Å². The zero-order chi connectivity index (χ0) is 23.6. The first kappa shape index (κ1) is 22.5. The fourth-order valence-corrected chi connectivity index (χ4v) is 3.33. The molecule has 4 rings (SSSR count). The molecule has 1 aliphatic rings. The third kappa shape index (κ3) is 5.04. The van der Waals surface area contributed by atoms with Gasteiger partial charge in [-0.1, -0.05) is 41.9 Å². The van der Waals surface area contributed by atoms with Crippen LogP contribution in [0.1, 0.15) is 27.6 Å². The number of alkyl halides is 3. The summed E-state index contributed by atoms with van der Waals surface area (Å²) in [6, 6.07) is 15.2. The van der Waals surface area contributed by atoms with Crippen molar-refractivity contribution >= 4 is 29.2 Å². The van der Waals surface area contributed by atoms with Crippen LogP contribution in [-0.2, 0) is 15.7 Å². The van der Waals surface area contributed by atoms with Gasteiger partial charge in [-0.25, -0.2) is 4.79 Å². The van der Waals surface area contributed by atoms with E-state index < -0.39 is 35.4 Å². The molecule has 170 valence electrons. The number of hydrogen-bond acceptors (Lipinski definition) is 5. The van der Waals surface area contributed by atoms with Crippen LogP contribution in [-0.4, -0.2) is 18.7 Å². The fraction of sp³-hybridized carbons (Fsp3) is 0.130. The van der Waals surface area contributed by atoms with Crippen molar-refractivity contribution in [3.63, 3.8) is 0 Å². The first-order valence-corrected chi connectivity index (χ1v) is 9.93. The Morgan fingerprint density at radius 3 is 2.42 bits per heavy atom. The van der Waals surface area contributed by atoms with Gasteiger partial charge in [-0.15, -0.1) is 0 Å². The third-order valence-electron chi connectivity index (χ3n) is 4.72. The first-order chi connectivity index (χ1) is 15.7. The number of carbonyl (C=O) groups excluding carboxylic acids is 2. The zero-order valence-corrected chi connectivity index (χ0v) is 17.4. The monoisotopic (exact) mass is 477 g/mol. The van der Waals surface area contributed by atoms with Crippen LogP contribution >= 0.6 is 11.6 Å². The number of anilines is 1. The lowest BCUT2D eigenvalue weighted by molar-refractivity contribution is -0.137. The van der Waals surface area contributed by atoms with Gasteiger partial charge >= 0.3 is 12.1 Å². The standard InChI is InChI=1S/C23H15ClF3NO5/c24-15-7-8-17(16(11-15)23(25,26)27)28-21(29)20(13-4-2-1-3-5-13)33-22(30)14-6-9-18-19(10-14)32-12-31-18/h1-11,20H,12H2,(H,28,29). The normalized spacial score (nSPS) is 13.3. The molecule has 1 atom stereocenters. The number of carbonyl (C=O) groups is 2. The van der Waals surface area contributed by atoms with Gasteiger partial charge in [-0.05, 0) is 36.4 Å². The van der Waals surface area contributed by atoms with Crippen LogP contribution in [0.2, 0.25) is 5.02 Å². The quantitative estimate of drug-likeness (QED) is 0.482. The highest BCUT2D eigenvalue weighted by Crippen LogP contribution is 2.37. The molecule has 10 heteroatoms. The van der Waals surface area contributed by atoms with Crippen molar-refractivity contribution in [2.75, 3.05) is 12.1 Å². The largest absolute Gasteiger partial charge is 0.454 e. The smallest absolute Gasteiger partial charge is 0.418 e. The molecule has 3 aromatic carbocycles. The minimum atomic E-state index is -4.76. The number of fused-ring (bicyclic) bond motifs is 1. The third-order valence-corrected chi connectivity index (χ3v) is 4.95. The molecular weight excluding hydrogens is 463 g/mol. The van der Waals surface area contributed by atoms with Crippen LogP contribution < -0.4 is 14.8 Å². The molecule has 0 aromatic heterocycles. The average Bonchev–Trinajstić information content (AvgIpc) is 3.26. The molecule has 1 N–H and O–H groups in total. The number of hydrogen-bond donors (Lipinski definition) is 1. The van der Waals surface area contributed by atoms with Crippen LogP contribution in [0.15, 0.2) is 66.7 Å². The maximum Gasteiger partial charge on any atom is 0.418 e. The minimum absolute atomic E-state index is 0.00547. The lowest BCUT2D eigenvalue weighted by Gasteiger charge is -2.20. The molecule has 1 heterocycles. The van der Waals surface area contributed by atoms with E-state index >= 15 is 0 Å². The lowest BCUT2D eigenvalue weighted by Crippen LogP contribution is -2.27. The maximum absolute atomic E-state index is 13.4. The summed E-state index contributed by atoms with van der Waals surface area (Å²) in [5.41, 5.74) is -1.30. The van der Waals surface area contributed by atoms with E-state index in [0.29, 0.717) is 17.6 Å². The second kappa shape index (κ2) is 9.03. The Labute approximate surface area is 190 Å². The number of rotatable bonds is 5. The molecule has 3 aromatic rings. The molecule has 0 bridgehead atoms. The molecule has 6 nitrogen and oxygen atoms in total. The summed E-state index contributed by atoms with van der Waals surface area (Å²) in [5, 5.41) is 2.06. The van der Waals surface area contributed by atoms with Gasteiger partial charge in [0.25, 0.3) is 5.91 Å². The number of esters is 1. The minimum Gasteiger partial charge on any atom is -0.454 e. The maximum atomic E-state index is 13.4. The Balaban J connectivity index is 1.62. The van der Waals surface area contributed by atoms with Gasteiger partial charge in [-0.3, -0.25) is 4.79 Å². The number of ether oxygens (including phenoxy) is 3. The van der Waals surface area contributed by atoms with E-state index in [1.165, 1.54) is 36.4 Å². The SMILES string of the molecule is O=C(OC(C(=O)Nc1ccc(Cl)cc1C(F)(F)F)c1ccccc1)c1ccc2c(c1)OCO2. The number of halogens is 4. The molecule has 0 fully saturated rings. The van der Waals surface area contributed by atoms with E-state index in [4.69, 9.17) is 25.8 Å². The zero-order valence-electron chi connectivity index (χ0n) is 16.7. The van der Waals surface area contributed by atoms with Crippen LogP contribution in [0.4, 0.5) is 18.9 Å². The molecular formula is C23H15ClF3NO5. The molecule has 33 heavy (non-hydrogen) atoms. The molecule has 1 aliphatic heterocycles. The summed E-state index contributed by atoms with van der Waals surface area (Å²) in [6.07, 6.45) is -6.29. The summed E-state index contributed by atoms with van der Waals surface area (Å²) in [5.74, 6) is -1.06. The molecule has 0 saturated carbocycles.